The molecule has 1 amide bonds. The molecule has 174 valence electrons. The van der Waals surface area contributed by atoms with Gasteiger partial charge < -0.3 is 10.1 Å². The third kappa shape index (κ3) is 5.60. The zero-order valence-electron chi connectivity index (χ0n) is 19.1. The van der Waals surface area contributed by atoms with E-state index in [0.717, 1.165) is 16.7 Å². The van der Waals surface area contributed by atoms with Gasteiger partial charge >= 0.3 is 0 Å². The highest BCUT2D eigenvalue weighted by atomic mass is 19.1. The van der Waals surface area contributed by atoms with Crippen molar-refractivity contribution in [1.82, 2.24) is 15.0 Å². The van der Waals surface area contributed by atoms with Crippen LogP contribution in [0.25, 0.3) is 22.9 Å². The number of rotatable bonds is 7. The summed E-state index contributed by atoms with van der Waals surface area (Å²) in [5.41, 5.74) is 3.96. The van der Waals surface area contributed by atoms with Crippen molar-refractivity contribution in [1.29, 1.82) is 5.26 Å². The Morgan fingerprint density at radius 3 is 2.40 bits per heavy atom. The summed E-state index contributed by atoms with van der Waals surface area (Å²) in [5.74, 6) is 0.146. The summed E-state index contributed by atoms with van der Waals surface area (Å²) in [4.78, 5) is 12.6. The van der Waals surface area contributed by atoms with Gasteiger partial charge in [0.15, 0.2) is 0 Å². The Bertz CT molecular complexity index is 1390. The van der Waals surface area contributed by atoms with E-state index in [4.69, 9.17) is 4.74 Å². The Balaban J connectivity index is 1.46. The van der Waals surface area contributed by atoms with Crippen molar-refractivity contribution in [3.8, 4) is 23.1 Å². The highest BCUT2D eigenvalue weighted by Crippen LogP contribution is 2.23. The molecule has 1 aromatic heterocycles. The van der Waals surface area contributed by atoms with E-state index in [9.17, 15) is 14.4 Å². The van der Waals surface area contributed by atoms with Gasteiger partial charge in [-0.2, -0.15) is 5.26 Å². The maximum atomic E-state index is 13.1. The predicted molar refractivity (Wildman–Crippen MR) is 132 cm³/mol. The zero-order chi connectivity index (χ0) is 24.8. The first-order chi connectivity index (χ1) is 17.0. The Hall–Kier alpha value is -4.77. The molecule has 1 unspecified atom stereocenters. The number of ether oxygens (including phenoxy) is 1. The molecule has 0 radical (unpaired) electrons. The summed E-state index contributed by atoms with van der Waals surface area (Å²) in [7, 11) is 1.58. The normalized spacial score (nSPS) is 12.0. The predicted octanol–water partition coefficient (Wildman–Crippen LogP) is 5.36. The van der Waals surface area contributed by atoms with Crippen LogP contribution in [0, 0.1) is 17.1 Å². The Morgan fingerprint density at radius 2 is 1.77 bits per heavy atom. The average molecular weight is 468 g/mol. The largest absolute Gasteiger partial charge is 0.497 e. The number of carbonyl (C=O) groups excluding carboxylic acids is 1. The van der Waals surface area contributed by atoms with Crippen molar-refractivity contribution in [2.75, 3.05) is 12.4 Å². The topological polar surface area (TPSA) is 92.8 Å². The molecular formula is C27H22FN5O2. The van der Waals surface area contributed by atoms with Crippen LogP contribution in [0.15, 0.2) is 79.0 Å². The number of allylic oxidation sites excluding steroid dienone is 1. The molecule has 0 aliphatic carbocycles. The number of nitriles is 1. The molecule has 0 fully saturated rings. The molecule has 1 atom stereocenters. The summed E-state index contributed by atoms with van der Waals surface area (Å²) in [5, 5.41) is 20.7. The van der Waals surface area contributed by atoms with Gasteiger partial charge in [0, 0.05) is 11.3 Å². The molecular weight excluding hydrogens is 445 g/mol. The van der Waals surface area contributed by atoms with E-state index >= 15 is 0 Å². The van der Waals surface area contributed by atoms with Gasteiger partial charge in [-0.1, -0.05) is 41.6 Å². The van der Waals surface area contributed by atoms with Crippen molar-refractivity contribution in [2.24, 2.45) is 0 Å². The average Bonchev–Trinajstić information content (AvgIpc) is 3.39. The molecule has 8 heteroatoms. The van der Waals surface area contributed by atoms with Crippen molar-refractivity contribution in [3.63, 3.8) is 0 Å². The van der Waals surface area contributed by atoms with E-state index in [1.165, 1.54) is 16.8 Å². The molecule has 0 saturated carbocycles. The second-order valence-corrected chi connectivity index (χ2v) is 7.78. The summed E-state index contributed by atoms with van der Waals surface area (Å²) in [6.45, 7) is 1.74. The standard InChI is InChI=1S/C27H22FN5O2/c1-18(27(34)30-24-11-13-25(35-2)14-12-24)33-17-26(31-32-33)21-7-5-20(6-8-21)22(16-29)15-19-3-9-23(28)10-4-19/h3-15,17-18H,1-2H3,(H,30,34)/b22-15+. The number of anilines is 1. The minimum atomic E-state index is -0.582. The van der Waals surface area contributed by atoms with Crippen LogP contribution in [-0.2, 0) is 4.79 Å². The van der Waals surface area contributed by atoms with E-state index in [1.54, 1.807) is 62.7 Å². The fraction of sp³-hybridized carbons (Fsp3) is 0.111. The van der Waals surface area contributed by atoms with E-state index in [-0.39, 0.29) is 11.7 Å². The Kier molecular flexibility index (Phi) is 6.98. The number of methoxy groups -OCH3 is 1. The van der Waals surface area contributed by atoms with Crippen molar-refractivity contribution < 1.29 is 13.9 Å². The van der Waals surface area contributed by atoms with Crippen molar-refractivity contribution in [3.05, 3.63) is 95.9 Å². The second kappa shape index (κ2) is 10.4. The maximum absolute atomic E-state index is 13.1. The lowest BCUT2D eigenvalue weighted by Gasteiger charge is -2.12. The fourth-order valence-corrected chi connectivity index (χ4v) is 3.37. The molecule has 0 aliphatic rings. The van der Waals surface area contributed by atoms with Gasteiger partial charge in [0.2, 0.25) is 5.91 Å². The van der Waals surface area contributed by atoms with Gasteiger partial charge in [-0.15, -0.1) is 5.10 Å². The van der Waals surface area contributed by atoms with Crippen LogP contribution in [0.3, 0.4) is 0 Å². The van der Waals surface area contributed by atoms with E-state index < -0.39 is 6.04 Å². The third-order valence-corrected chi connectivity index (χ3v) is 5.44. The summed E-state index contributed by atoms with van der Waals surface area (Å²) in [6.07, 6.45) is 3.40. The smallest absolute Gasteiger partial charge is 0.249 e. The number of nitrogens with one attached hydrogen (secondary N) is 1. The second-order valence-electron chi connectivity index (χ2n) is 7.78. The van der Waals surface area contributed by atoms with Gasteiger partial charge in [-0.05, 0) is 60.5 Å². The van der Waals surface area contributed by atoms with Crippen molar-refractivity contribution in [2.45, 2.75) is 13.0 Å². The van der Waals surface area contributed by atoms with E-state index in [0.29, 0.717) is 22.7 Å². The minimum absolute atomic E-state index is 0.230. The number of benzene rings is 3. The molecule has 4 rings (SSSR count). The number of carbonyl (C=O) groups is 1. The van der Waals surface area contributed by atoms with Crippen molar-refractivity contribution >= 4 is 23.2 Å². The highest BCUT2D eigenvalue weighted by Gasteiger charge is 2.17. The molecule has 35 heavy (non-hydrogen) atoms. The lowest BCUT2D eigenvalue weighted by molar-refractivity contribution is -0.119. The first kappa shape index (κ1) is 23.4. The fourth-order valence-electron chi connectivity index (χ4n) is 3.37. The highest BCUT2D eigenvalue weighted by molar-refractivity contribution is 5.93. The SMILES string of the molecule is COc1ccc(NC(=O)C(C)n2cc(-c3ccc(/C(C#N)=C/c4ccc(F)cc4)cc3)nn2)cc1. The van der Waals surface area contributed by atoms with Crippen LogP contribution in [0.5, 0.6) is 5.75 Å². The molecule has 0 spiro atoms. The number of hydrogen-bond acceptors (Lipinski definition) is 5. The molecule has 0 aliphatic heterocycles. The van der Waals surface area contributed by atoms with E-state index in [1.807, 2.05) is 24.3 Å². The molecule has 7 nitrogen and oxygen atoms in total. The van der Waals surface area contributed by atoms with Crippen LogP contribution in [0.1, 0.15) is 24.1 Å². The monoisotopic (exact) mass is 467 g/mol. The molecule has 0 bridgehead atoms. The van der Waals surface area contributed by atoms with Gasteiger partial charge in [0.1, 0.15) is 23.3 Å². The third-order valence-electron chi connectivity index (χ3n) is 5.44. The summed E-state index contributed by atoms with van der Waals surface area (Å²) in [6, 6.07) is 21.9. The summed E-state index contributed by atoms with van der Waals surface area (Å²) >= 11 is 0. The Morgan fingerprint density at radius 1 is 1.09 bits per heavy atom. The van der Waals surface area contributed by atoms with Gasteiger partial charge in [0.05, 0.1) is 24.9 Å². The van der Waals surface area contributed by atoms with Crippen LogP contribution in [-0.4, -0.2) is 28.0 Å². The number of nitrogens with zero attached hydrogens (tertiary/aromatic N) is 4. The molecule has 1 N–H and O–H groups in total. The molecule has 0 saturated heterocycles. The van der Waals surface area contributed by atoms with Gasteiger partial charge in [-0.25, -0.2) is 9.07 Å². The van der Waals surface area contributed by atoms with Crippen LogP contribution < -0.4 is 10.1 Å². The van der Waals surface area contributed by atoms with Gasteiger partial charge in [0.25, 0.3) is 0 Å². The molecule has 4 aromatic rings. The lowest BCUT2D eigenvalue weighted by atomic mass is 10.0. The summed E-state index contributed by atoms with van der Waals surface area (Å²) < 4.78 is 19.8. The van der Waals surface area contributed by atoms with Crippen LogP contribution in [0.4, 0.5) is 10.1 Å². The number of amides is 1. The number of hydrogen-bond donors (Lipinski definition) is 1. The van der Waals surface area contributed by atoms with Gasteiger partial charge in [-0.3, -0.25) is 4.79 Å². The first-order valence-corrected chi connectivity index (χ1v) is 10.8. The molecule has 3 aromatic carbocycles. The first-order valence-electron chi connectivity index (χ1n) is 10.8. The zero-order valence-corrected chi connectivity index (χ0v) is 19.1. The lowest BCUT2D eigenvalue weighted by Crippen LogP contribution is -2.24. The Labute approximate surface area is 202 Å². The van der Waals surface area contributed by atoms with Crippen LogP contribution in [0.2, 0.25) is 0 Å². The maximum Gasteiger partial charge on any atom is 0.249 e. The molecule has 1 heterocycles. The van der Waals surface area contributed by atoms with E-state index in [2.05, 4.69) is 21.7 Å². The number of halogens is 1. The quantitative estimate of drug-likeness (QED) is 0.292. The van der Waals surface area contributed by atoms with Crippen LogP contribution >= 0.6 is 0 Å². The minimum Gasteiger partial charge on any atom is -0.497 e. The number of aromatic nitrogens is 3.